The highest BCUT2D eigenvalue weighted by molar-refractivity contribution is 5.72. The summed E-state index contributed by atoms with van der Waals surface area (Å²) in [5, 5.41) is 12.5. The van der Waals surface area contributed by atoms with Crippen LogP contribution in [0.2, 0.25) is 0 Å². The van der Waals surface area contributed by atoms with Crippen molar-refractivity contribution in [2.24, 2.45) is 11.3 Å². The standard InChI is InChI=1S/C13H23NO2/c1-2-13(7-3-4-8-13)9-14-11-6-5-10(11)12(15)16/h10-11,14H,2-9H2,1H3,(H,15,16). The largest absolute Gasteiger partial charge is 0.481 e. The Morgan fingerprint density at radius 1 is 1.38 bits per heavy atom. The molecular weight excluding hydrogens is 202 g/mol. The number of nitrogens with one attached hydrogen (secondary N) is 1. The van der Waals surface area contributed by atoms with E-state index < -0.39 is 5.97 Å². The van der Waals surface area contributed by atoms with E-state index in [1.165, 1.54) is 32.1 Å². The quantitative estimate of drug-likeness (QED) is 0.755. The third-order valence-corrected chi connectivity index (χ3v) is 4.75. The van der Waals surface area contributed by atoms with Gasteiger partial charge in [-0.3, -0.25) is 4.79 Å². The Morgan fingerprint density at radius 2 is 2.06 bits per heavy atom. The van der Waals surface area contributed by atoms with Crippen molar-refractivity contribution in [1.82, 2.24) is 5.32 Å². The van der Waals surface area contributed by atoms with Crippen molar-refractivity contribution in [1.29, 1.82) is 0 Å². The van der Waals surface area contributed by atoms with Crippen LogP contribution in [-0.4, -0.2) is 23.7 Å². The number of aliphatic carboxylic acids is 1. The zero-order valence-electron chi connectivity index (χ0n) is 10.2. The van der Waals surface area contributed by atoms with Gasteiger partial charge in [-0.2, -0.15) is 0 Å². The van der Waals surface area contributed by atoms with Crippen LogP contribution < -0.4 is 5.32 Å². The van der Waals surface area contributed by atoms with E-state index in [9.17, 15) is 4.79 Å². The minimum atomic E-state index is -0.624. The lowest BCUT2D eigenvalue weighted by molar-refractivity contribution is -0.146. The van der Waals surface area contributed by atoms with Gasteiger partial charge in [0.25, 0.3) is 0 Å². The van der Waals surface area contributed by atoms with Crippen LogP contribution in [0.4, 0.5) is 0 Å². The lowest BCUT2D eigenvalue weighted by Gasteiger charge is -2.38. The average molecular weight is 225 g/mol. The second-order valence-electron chi connectivity index (χ2n) is 5.57. The first-order chi connectivity index (χ1) is 7.67. The highest BCUT2D eigenvalue weighted by atomic mass is 16.4. The van der Waals surface area contributed by atoms with Gasteiger partial charge in [0.05, 0.1) is 5.92 Å². The molecule has 3 heteroatoms. The molecule has 0 amide bonds. The normalized spacial score (nSPS) is 32.3. The first-order valence-electron chi connectivity index (χ1n) is 6.63. The van der Waals surface area contributed by atoms with E-state index in [1.807, 2.05) is 0 Å². The van der Waals surface area contributed by atoms with E-state index >= 15 is 0 Å². The van der Waals surface area contributed by atoms with Crippen LogP contribution >= 0.6 is 0 Å². The molecule has 0 saturated heterocycles. The third-order valence-electron chi connectivity index (χ3n) is 4.75. The molecule has 2 rings (SSSR count). The summed E-state index contributed by atoms with van der Waals surface area (Å²) < 4.78 is 0. The van der Waals surface area contributed by atoms with E-state index in [4.69, 9.17) is 5.11 Å². The van der Waals surface area contributed by atoms with Crippen LogP contribution in [0.3, 0.4) is 0 Å². The van der Waals surface area contributed by atoms with Gasteiger partial charge in [-0.15, -0.1) is 0 Å². The number of hydrogen-bond acceptors (Lipinski definition) is 2. The van der Waals surface area contributed by atoms with Crippen LogP contribution in [0.5, 0.6) is 0 Å². The van der Waals surface area contributed by atoms with E-state index in [1.54, 1.807) is 0 Å². The van der Waals surface area contributed by atoms with E-state index in [-0.39, 0.29) is 12.0 Å². The highest BCUT2D eigenvalue weighted by Gasteiger charge is 2.39. The fourth-order valence-corrected chi connectivity index (χ4v) is 3.17. The van der Waals surface area contributed by atoms with Gasteiger partial charge in [-0.1, -0.05) is 19.8 Å². The Morgan fingerprint density at radius 3 is 2.50 bits per heavy atom. The zero-order chi connectivity index (χ0) is 11.6. The molecule has 3 nitrogen and oxygen atoms in total. The number of hydrogen-bond donors (Lipinski definition) is 2. The summed E-state index contributed by atoms with van der Waals surface area (Å²) in [5.41, 5.74) is 0.471. The number of carboxylic acid groups (broad SMARTS) is 1. The molecule has 2 saturated carbocycles. The molecule has 0 spiro atoms. The van der Waals surface area contributed by atoms with Crippen molar-refractivity contribution in [2.75, 3.05) is 6.54 Å². The van der Waals surface area contributed by atoms with Crippen molar-refractivity contribution in [3.05, 3.63) is 0 Å². The number of rotatable bonds is 5. The SMILES string of the molecule is CCC1(CNC2CCC2C(=O)O)CCCC1. The second-order valence-corrected chi connectivity index (χ2v) is 5.57. The molecule has 2 fully saturated rings. The molecule has 2 aliphatic rings. The molecule has 0 radical (unpaired) electrons. The lowest BCUT2D eigenvalue weighted by Crippen LogP contribution is -2.50. The summed E-state index contributed by atoms with van der Waals surface area (Å²) in [7, 11) is 0. The summed E-state index contributed by atoms with van der Waals surface area (Å²) in [6, 6.07) is 0.238. The van der Waals surface area contributed by atoms with Crippen LogP contribution in [-0.2, 0) is 4.79 Å². The van der Waals surface area contributed by atoms with Crippen LogP contribution in [0, 0.1) is 11.3 Å². The Bertz CT molecular complexity index is 259. The van der Waals surface area contributed by atoms with Gasteiger partial charge in [0.1, 0.15) is 0 Å². The Kier molecular flexibility index (Phi) is 3.53. The second kappa shape index (κ2) is 4.74. The highest BCUT2D eigenvalue weighted by Crippen LogP contribution is 2.41. The van der Waals surface area contributed by atoms with Gasteiger partial charge in [-0.05, 0) is 37.5 Å². The van der Waals surface area contributed by atoms with Crippen LogP contribution in [0.25, 0.3) is 0 Å². The maximum absolute atomic E-state index is 10.9. The summed E-state index contributed by atoms with van der Waals surface area (Å²) in [5.74, 6) is -0.754. The number of carboxylic acids is 1. The first kappa shape index (κ1) is 11.9. The van der Waals surface area contributed by atoms with E-state index in [2.05, 4.69) is 12.2 Å². The molecule has 2 N–H and O–H groups in total. The van der Waals surface area contributed by atoms with Gasteiger partial charge in [-0.25, -0.2) is 0 Å². The topological polar surface area (TPSA) is 49.3 Å². The van der Waals surface area contributed by atoms with Gasteiger partial charge in [0.15, 0.2) is 0 Å². The monoisotopic (exact) mass is 225 g/mol. The van der Waals surface area contributed by atoms with Crippen molar-refractivity contribution >= 4 is 5.97 Å². The smallest absolute Gasteiger partial charge is 0.308 e. The predicted molar refractivity (Wildman–Crippen MR) is 63.3 cm³/mol. The van der Waals surface area contributed by atoms with Crippen molar-refractivity contribution in [3.8, 4) is 0 Å². The predicted octanol–water partition coefficient (Wildman–Crippen LogP) is 2.41. The molecule has 2 atom stereocenters. The number of carbonyl (C=O) groups is 1. The fourth-order valence-electron chi connectivity index (χ4n) is 3.17. The summed E-state index contributed by atoms with van der Waals surface area (Å²) in [4.78, 5) is 10.9. The fraction of sp³-hybridized carbons (Fsp3) is 0.923. The summed E-state index contributed by atoms with van der Waals surface area (Å²) in [6.07, 6.45) is 8.46. The molecule has 0 aromatic carbocycles. The van der Waals surface area contributed by atoms with E-state index in [0.29, 0.717) is 5.41 Å². The van der Waals surface area contributed by atoms with Gasteiger partial charge >= 0.3 is 5.97 Å². The summed E-state index contributed by atoms with van der Waals surface area (Å²) in [6.45, 7) is 3.29. The minimum Gasteiger partial charge on any atom is -0.481 e. The van der Waals surface area contributed by atoms with E-state index in [0.717, 1.165) is 19.4 Å². The Labute approximate surface area is 97.6 Å². The minimum absolute atomic E-state index is 0.129. The van der Waals surface area contributed by atoms with Crippen LogP contribution in [0.15, 0.2) is 0 Å². The van der Waals surface area contributed by atoms with Gasteiger partial charge in [0.2, 0.25) is 0 Å². The lowest BCUT2D eigenvalue weighted by atomic mass is 9.77. The molecule has 0 aromatic heterocycles. The molecule has 0 aliphatic heterocycles. The van der Waals surface area contributed by atoms with Gasteiger partial charge < -0.3 is 10.4 Å². The molecule has 2 aliphatic carbocycles. The molecule has 2 unspecified atom stereocenters. The molecule has 0 bridgehead atoms. The molecule has 0 heterocycles. The third kappa shape index (κ3) is 2.24. The van der Waals surface area contributed by atoms with Crippen molar-refractivity contribution in [3.63, 3.8) is 0 Å². The maximum atomic E-state index is 10.9. The zero-order valence-corrected chi connectivity index (χ0v) is 10.2. The maximum Gasteiger partial charge on any atom is 0.308 e. The first-order valence-corrected chi connectivity index (χ1v) is 6.63. The van der Waals surface area contributed by atoms with Gasteiger partial charge in [0, 0.05) is 12.6 Å². The molecule has 0 aromatic rings. The molecule has 16 heavy (non-hydrogen) atoms. The Balaban J connectivity index is 1.80. The molecule has 92 valence electrons. The average Bonchev–Trinajstić information content (AvgIpc) is 2.65. The van der Waals surface area contributed by atoms with Crippen molar-refractivity contribution < 1.29 is 9.90 Å². The Hall–Kier alpha value is -0.570. The van der Waals surface area contributed by atoms with Crippen LogP contribution in [0.1, 0.15) is 51.9 Å². The summed E-state index contributed by atoms with van der Waals surface area (Å²) >= 11 is 0. The van der Waals surface area contributed by atoms with Crippen molar-refractivity contribution in [2.45, 2.75) is 57.9 Å². The molecular formula is C13H23NO2.